The van der Waals surface area contributed by atoms with E-state index < -0.39 is 0 Å². The molecular weight excluding hydrogens is 300 g/mol. The molecule has 0 amide bonds. The average molecular weight is 330 g/mol. The van der Waals surface area contributed by atoms with Crippen molar-refractivity contribution in [3.63, 3.8) is 0 Å². The first-order valence-electron chi connectivity index (χ1n) is 9.16. The van der Waals surface area contributed by atoms with Crippen molar-refractivity contribution < 1.29 is 4.42 Å². The van der Waals surface area contributed by atoms with Gasteiger partial charge in [0, 0.05) is 38.1 Å². The van der Waals surface area contributed by atoms with Crippen LogP contribution in [0.3, 0.4) is 0 Å². The van der Waals surface area contributed by atoms with Gasteiger partial charge >= 0.3 is 0 Å². The van der Waals surface area contributed by atoms with Crippen LogP contribution in [0, 0.1) is 0 Å². The molecule has 1 saturated carbocycles. The summed E-state index contributed by atoms with van der Waals surface area (Å²) in [5.74, 6) is 1.90. The van der Waals surface area contributed by atoms with Gasteiger partial charge in [0.15, 0.2) is 5.96 Å². The smallest absolute Gasteiger partial charge is 0.191 e. The molecule has 0 atom stereocenters. The summed E-state index contributed by atoms with van der Waals surface area (Å²) < 4.78 is 5.38. The zero-order valence-corrected chi connectivity index (χ0v) is 14.8. The Bertz CT molecular complexity index is 540. The van der Waals surface area contributed by atoms with Crippen molar-refractivity contribution in [2.75, 3.05) is 26.2 Å². The van der Waals surface area contributed by atoms with Crippen LogP contribution in [0.15, 0.2) is 40.0 Å². The van der Waals surface area contributed by atoms with Crippen LogP contribution >= 0.6 is 0 Å². The predicted molar refractivity (Wildman–Crippen MR) is 98.3 cm³/mol. The zero-order valence-electron chi connectivity index (χ0n) is 14.8. The molecule has 0 radical (unpaired) electrons. The van der Waals surface area contributed by atoms with Crippen LogP contribution in [0.25, 0.3) is 0 Å². The molecule has 132 valence electrons. The highest BCUT2D eigenvalue weighted by atomic mass is 16.3. The maximum Gasteiger partial charge on any atom is 0.191 e. The number of nitrogens with zero attached hydrogens (tertiary/aromatic N) is 2. The Morgan fingerprint density at radius 2 is 2.12 bits per heavy atom. The van der Waals surface area contributed by atoms with E-state index in [-0.39, 0.29) is 0 Å². The summed E-state index contributed by atoms with van der Waals surface area (Å²) in [5.41, 5.74) is 1.07. The van der Waals surface area contributed by atoms with Crippen LogP contribution in [0.2, 0.25) is 0 Å². The van der Waals surface area contributed by atoms with Crippen molar-refractivity contribution in [2.45, 2.75) is 51.1 Å². The molecule has 2 fully saturated rings. The summed E-state index contributed by atoms with van der Waals surface area (Å²) >= 11 is 0. The Hall–Kier alpha value is -1.75. The quantitative estimate of drug-likeness (QED) is 0.458. The predicted octanol–water partition coefficient (Wildman–Crippen LogP) is 2.56. The fourth-order valence-corrected chi connectivity index (χ4v) is 3.17. The molecule has 1 aromatic rings. The summed E-state index contributed by atoms with van der Waals surface area (Å²) in [6.07, 6.45) is 7.78. The van der Waals surface area contributed by atoms with E-state index in [0.29, 0.717) is 12.6 Å². The van der Waals surface area contributed by atoms with E-state index in [0.717, 1.165) is 36.3 Å². The summed E-state index contributed by atoms with van der Waals surface area (Å²) in [6, 6.07) is 5.33. The van der Waals surface area contributed by atoms with Crippen molar-refractivity contribution >= 4 is 5.96 Å². The normalized spacial score (nSPS) is 20.1. The van der Waals surface area contributed by atoms with Gasteiger partial charge in [0.2, 0.25) is 0 Å². The number of furan rings is 1. The van der Waals surface area contributed by atoms with Gasteiger partial charge in [-0.3, -0.25) is 0 Å². The monoisotopic (exact) mass is 330 g/mol. The highest BCUT2D eigenvalue weighted by Gasteiger charge is 2.31. The Morgan fingerprint density at radius 1 is 1.33 bits per heavy atom. The molecule has 0 aromatic carbocycles. The number of likely N-dealkylation sites (tertiary alicyclic amines) is 1. The van der Waals surface area contributed by atoms with Crippen LogP contribution < -0.4 is 10.6 Å². The second-order valence-corrected chi connectivity index (χ2v) is 7.06. The third-order valence-corrected chi connectivity index (χ3v) is 4.68. The first-order chi connectivity index (χ1) is 11.7. The van der Waals surface area contributed by atoms with E-state index in [4.69, 9.17) is 4.42 Å². The molecule has 5 heteroatoms. The summed E-state index contributed by atoms with van der Waals surface area (Å²) in [7, 11) is 0. The first-order valence-corrected chi connectivity index (χ1v) is 9.16. The van der Waals surface area contributed by atoms with Crippen LogP contribution in [0.4, 0.5) is 0 Å². The maximum atomic E-state index is 5.38. The Labute approximate surface area is 145 Å². The molecule has 3 rings (SSSR count). The summed E-state index contributed by atoms with van der Waals surface area (Å²) in [5, 5.41) is 7.04. The number of rotatable bonds is 7. The maximum absolute atomic E-state index is 5.38. The molecular formula is C19H30N4O. The van der Waals surface area contributed by atoms with Crippen LogP contribution in [-0.2, 0) is 6.42 Å². The second-order valence-electron chi connectivity index (χ2n) is 7.06. The van der Waals surface area contributed by atoms with Gasteiger partial charge in [0.25, 0.3) is 0 Å². The van der Waals surface area contributed by atoms with Gasteiger partial charge < -0.3 is 20.0 Å². The molecule has 24 heavy (non-hydrogen) atoms. The van der Waals surface area contributed by atoms with Gasteiger partial charge in [0.1, 0.15) is 5.76 Å². The minimum Gasteiger partial charge on any atom is -0.469 e. The molecule has 2 heterocycles. The van der Waals surface area contributed by atoms with Crippen molar-refractivity contribution in [1.82, 2.24) is 15.5 Å². The molecule has 2 N–H and O–H groups in total. The van der Waals surface area contributed by atoms with E-state index in [9.17, 15) is 0 Å². The standard InChI is InChI=1S/C19H30N4O/c1-15(2)14-21-19(20-10-7-18-4-3-13-24-18)22-16-8-11-23(12-9-16)17-5-6-17/h3-4,13,16-17H,1,5-12,14H2,2H3,(H2,20,21,22). The van der Waals surface area contributed by atoms with Crippen LogP contribution in [0.5, 0.6) is 0 Å². The fourth-order valence-electron chi connectivity index (χ4n) is 3.17. The minimum absolute atomic E-state index is 0.514. The second kappa shape index (κ2) is 8.38. The number of aliphatic imine (C=N–C) groups is 1. The molecule has 1 aromatic heterocycles. The van der Waals surface area contributed by atoms with E-state index in [1.807, 2.05) is 19.1 Å². The lowest BCUT2D eigenvalue weighted by molar-refractivity contribution is 0.197. The lowest BCUT2D eigenvalue weighted by Gasteiger charge is -2.33. The van der Waals surface area contributed by atoms with Gasteiger partial charge in [-0.25, -0.2) is 4.99 Å². The summed E-state index contributed by atoms with van der Waals surface area (Å²) in [4.78, 5) is 7.30. The molecule has 0 bridgehead atoms. The Balaban J connectivity index is 1.46. The molecule has 1 aliphatic heterocycles. The molecule has 2 aliphatic rings. The van der Waals surface area contributed by atoms with Crippen LogP contribution in [0.1, 0.15) is 38.4 Å². The molecule has 0 unspecified atom stereocenters. The van der Waals surface area contributed by atoms with Crippen molar-refractivity contribution in [3.8, 4) is 0 Å². The Kier molecular flexibility index (Phi) is 5.96. The third kappa shape index (κ3) is 5.41. The van der Waals surface area contributed by atoms with Crippen molar-refractivity contribution in [2.24, 2.45) is 4.99 Å². The van der Waals surface area contributed by atoms with Gasteiger partial charge in [-0.2, -0.15) is 0 Å². The van der Waals surface area contributed by atoms with Gasteiger partial charge in [-0.1, -0.05) is 12.2 Å². The summed E-state index contributed by atoms with van der Waals surface area (Å²) in [6.45, 7) is 9.86. The van der Waals surface area contributed by atoms with Crippen LogP contribution in [-0.4, -0.2) is 49.1 Å². The number of hydrogen-bond acceptors (Lipinski definition) is 3. The van der Waals surface area contributed by atoms with E-state index in [1.54, 1.807) is 6.26 Å². The minimum atomic E-state index is 0.514. The number of nitrogens with one attached hydrogen (secondary N) is 2. The van der Waals surface area contributed by atoms with Gasteiger partial charge in [0.05, 0.1) is 12.8 Å². The largest absolute Gasteiger partial charge is 0.469 e. The van der Waals surface area contributed by atoms with E-state index in [2.05, 4.69) is 27.1 Å². The average Bonchev–Trinajstić information content (AvgIpc) is 3.30. The van der Waals surface area contributed by atoms with Gasteiger partial charge in [-0.15, -0.1) is 0 Å². The molecule has 0 spiro atoms. The third-order valence-electron chi connectivity index (χ3n) is 4.68. The topological polar surface area (TPSA) is 52.8 Å². The molecule has 1 aliphatic carbocycles. The highest BCUT2D eigenvalue weighted by Crippen LogP contribution is 2.29. The van der Waals surface area contributed by atoms with Crippen molar-refractivity contribution in [3.05, 3.63) is 36.3 Å². The van der Waals surface area contributed by atoms with Gasteiger partial charge in [-0.05, 0) is 44.7 Å². The number of guanidine groups is 1. The SMILES string of the molecule is C=C(C)CN=C(NCCc1ccco1)NC1CCN(C2CC2)CC1. The van der Waals surface area contributed by atoms with E-state index >= 15 is 0 Å². The molecule has 5 nitrogen and oxygen atoms in total. The molecule has 1 saturated heterocycles. The lowest BCUT2D eigenvalue weighted by atomic mass is 10.1. The highest BCUT2D eigenvalue weighted by molar-refractivity contribution is 5.80. The van der Waals surface area contributed by atoms with Crippen molar-refractivity contribution in [1.29, 1.82) is 0 Å². The fraction of sp³-hybridized carbons (Fsp3) is 0.632. The number of piperidine rings is 1. The lowest BCUT2D eigenvalue weighted by Crippen LogP contribution is -2.49. The number of hydrogen-bond donors (Lipinski definition) is 2. The Morgan fingerprint density at radius 3 is 2.75 bits per heavy atom. The zero-order chi connectivity index (χ0) is 16.8. The first kappa shape index (κ1) is 17.1. The van der Waals surface area contributed by atoms with E-state index in [1.165, 1.54) is 38.8 Å².